The van der Waals surface area contributed by atoms with Gasteiger partial charge in [0.15, 0.2) is 0 Å². The van der Waals surface area contributed by atoms with Crippen LogP contribution in [0.2, 0.25) is 0 Å². The summed E-state index contributed by atoms with van der Waals surface area (Å²) in [7, 11) is 0. The zero-order valence-corrected chi connectivity index (χ0v) is 9.55. The molecule has 0 fully saturated rings. The van der Waals surface area contributed by atoms with Crippen molar-refractivity contribution >= 4 is 17.4 Å². The van der Waals surface area contributed by atoms with Gasteiger partial charge in [-0.15, -0.1) is 0 Å². The Morgan fingerprint density at radius 3 is 0.667 bits per heavy atom. The molecule has 0 aliphatic carbocycles. The van der Waals surface area contributed by atoms with Crippen LogP contribution < -0.4 is 0 Å². The van der Waals surface area contributed by atoms with Crippen LogP contribution in [0.25, 0.3) is 0 Å². The van der Waals surface area contributed by atoms with Crippen LogP contribution in [0.4, 0.5) is 0 Å². The summed E-state index contributed by atoms with van der Waals surface area (Å²) in [6.07, 6.45) is 0. The third kappa shape index (κ3) is 30.1. The molecule has 0 atom stereocenters. The van der Waals surface area contributed by atoms with Crippen molar-refractivity contribution in [3.63, 3.8) is 0 Å². The molecule has 0 saturated heterocycles. The summed E-state index contributed by atoms with van der Waals surface area (Å²) in [5, 5.41) is 0. The molecule has 0 aliphatic rings. The van der Waals surface area contributed by atoms with Crippen molar-refractivity contribution in [3.05, 3.63) is 0 Å². The van der Waals surface area contributed by atoms with Gasteiger partial charge in [-0.25, -0.2) is 0 Å². The molecule has 0 aliphatic heterocycles. The largest absolute Gasteiger partial charge is 4.00 e. The maximum absolute atomic E-state index is 0. The maximum atomic E-state index is 0. The fourth-order valence-corrected chi connectivity index (χ4v) is 0. The first-order valence-corrected chi connectivity index (χ1v) is 0. The SMILES string of the molecule is [Al+3].[Ce+3].[O-2].[O-2].[O-2].[Zr+4]. The fraction of sp³-hybridized carbons (Fsp3) is 0. The van der Waals surface area contributed by atoms with Gasteiger partial charge in [0.2, 0.25) is 0 Å². The minimum atomic E-state index is 0. The van der Waals surface area contributed by atoms with Gasteiger partial charge < -0.3 is 16.4 Å². The quantitative estimate of drug-likeness (QED) is 0.528. The average molecular weight is 306 g/mol. The summed E-state index contributed by atoms with van der Waals surface area (Å²) in [4.78, 5) is 0. The molecule has 0 saturated carbocycles. The number of rotatable bonds is 0. The van der Waals surface area contributed by atoms with E-state index in [4.69, 9.17) is 0 Å². The third-order valence-electron chi connectivity index (χ3n) is 0. The van der Waals surface area contributed by atoms with Gasteiger partial charge in [0, 0.05) is 0 Å². The Labute approximate surface area is 99.8 Å². The van der Waals surface area contributed by atoms with E-state index in [1.807, 2.05) is 0 Å². The summed E-state index contributed by atoms with van der Waals surface area (Å²) in [6, 6.07) is 0. The van der Waals surface area contributed by atoms with E-state index in [1.165, 1.54) is 0 Å². The predicted octanol–water partition coefficient (Wildman–Crippen LogP) is -0.740. The fourth-order valence-electron chi connectivity index (χ4n) is 0. The van der Waals surface area contributed by atoms with E-state index < -0.39 is 0 Å². The van der Waals surface area contributed by atoms with Crippen molar-refractivity contribution in [2.45, 2.75) is 0 Å². The molecule has 6 heavy (non-hydrogen) atoms. The van der Waals surface area contributed by atoms with E-state index >= 15 is 0 Å². The molecule has 0 spiro atoms. The van der Waals surface area contributed by atoms with Crippen LogP contribution in [0.15, 0.2) is 0 Å². The van der Waals surface area contributed by atoms with Gasteiger partial charge in [-0.3, -0.25) is 0 Å². The van der Waals surface area contributed by atoms with E-state index in [2.05, 4.69) is 0 Å². The Kier molecular flexibility index (Phi) is 570. The van der Waals surface area contributed by atoms with Crippen molar-refractivity contribution in [1.29, 1.82) is 0 Å². The molecule has 0 aromatic heterocycles. The molecule has 0 rings (SSSR count). The Morgan fingerprint density at radius 1 is 0.667 bits per heavy atom. The normalized spacial score (nSPS) is 0. The third-order valence-corrected chi connectivity index (χ3v) is 0. The van der Waals surface area contributed by atoms with Crippen molar-refractivity contribution in [2.24, 2.45) is 0 Å². The van der Waals surface area contributed by atoms with Crippen LogP contribution >= 0.6 is 0 Å². The van der Waals surface area contributed by atoms with Gasteiger partial charge in [-0.05, 0) is 0 Å². The molecule has 1 radical (unpaired) electrons. The van der Waals surface area contributed by atoms with Gasteiger partial charge in [0.05, 0.1) is 0 Å². The topological polar surface area (TPSA) is 85.5 Å². The minimum Gasteiger partial charge on any atom is -2.00 e. The van der Waals surface area contributed by atoms with Crippen LogP contribution in [-0.4, -0.2) is 17.4 Å². The van der Waals surface area contributed by atoms with Crippen molar-refractivity contribution in [1.82, 2.24) is 0 Å². The first-order chi connectivity index (χ1) is 0. The molecule has 0 N–H and O–H groups in total. The summed E-state index contributed by atoms with van der Waals surface area (Å²) in [5.74, 6) is 0. The Hall–Kier alpha value is 2.67. The van der Waals surface area contributed by atoms with Crippen LogP contribution in [0.1, 0.15) is 0 Å². The van der Waals surface area contributed by atoms with Crippen molar-refractivity contribution < 1.29 is 84.4 Å². The van der Waals surface area contributed by atoms with Crippen molar-refractivity contribution in [2.75, 3.05) is 0 Å². The van der Waals surface area contributed by atoms with E-state index in [0.717, 1.165) is 0 Å². The van der Waals surface area contributed by atoms with E-state index in [-0.39, 0.29) is 102 Å². The first-order valence-electron chi connectivity index (χ1n) is 0. The first kappa shape index (κ1) is 71.5. The molecule has 0 heterocycles. The molecule has 0 amide bonds. The van der Waals surface area contributed by atoms with Crippen LogP contribution in [0.3, 0.4) is 0 Å². The van der Waals surface area contributed by atoms with Gasteiger partial charge in [0.1, 0.15) is 0 Å². The number of hydrogen-bond acceptors (Lipinski definition) is 0. The molecule has 0 bridgehead atoms. The second-order valence-corrected chi connectivity index (χ2v) is 0. The summed E-state index contributed by atoms with van der Waals surface area (Å²) in [6.45, 7) is 0. The zero-order chi connectivity index (χ0) is 0. The summed E-state index contributed by atoms with van der Waals surface area (Å²) in [5.41, 5.74) is 0. The van der Waals surface area contributed by atoms with Crippen LogP contribution in [-0.2, 0) is 42.6 Å². The molecule has 0 unspecified atom stereocenters. The van der Waals surface area contributed by atoms with Crippen LogP contribution in [0, 0.1) is 41.7 Å². The monoisotopic (exact) mass is 305 g/mol. The zero-order valence-electron chi connectivity index (χ0n) is 2.80. The van der Waals surface area contributed by atoms with Gasteiger partial charge in [-0.2, -0.15) is 0 Å². The molecule has 0 aromatic rings. The standard InChI is InChI=1S/Al.Ce.3O.Zr/q2*+3;3*-2;+4. The Bertz CT molecular complexity index is 10.8. The van der Waals surface area contributed by atoms with Crippen LogP contribution in [0.5, 0.6) is 0 Å². The molecule has 25 valence electrons. The molecular weight excluding hydrogens is 306 g/mol. The van der Waals surface area contributed by atoms with E-state index in [9.17, 15) is 0 Å². The Morgan fingerprint density at radius 2 is 0.667 bits per heavy atom. The minimum absolute atomic E-state index is 0. The second kappa shape index (κ2) is 47.8. The number of hydrogen-bond donors (Lipinski definition) is 0. The molecule has 3 nitrogen and oxygen atoms in total. The van der Waals surface area contributed by atoms with Gasteiger partial charge in [-0.1, -0.05) is 0 Å². The predicted molar refractivity (Wildman–Crippen MR) is 7.81 cm³/mol. The van der Waals surface area contributed by atoms with Gasteiger partial charge >= 0.3 is 85.3 Å². The Balaban J connectivity index is 0. The smallest absolute Gasteiger partial charge is 2.00 e. The summed E-state index contributed by atoms with van der Waals surface area (Å²) >= 11 is 0. The van der Waals surface area contributed by atoms with Gasteiger partial charge in [0.25, 0.3) is 0 Å². The average Bonchev–Trinajstić information content (AvgIpc) is 0. The van der Waals surface area contributed by atoms with E-state index in [1.54, 1.807) is 0 Å². The van der Waals surface area contributed by atoms with Crippen molar-refractivity contribution in [3.8, 4) is 0 Å². The summed E-state index contributed by atoms with van der Waals surface area (Å²) < 4.78 is 0. The van der Waals surface area contributed by atoms with E-state index in [0.29, 0.717) is 0 Å². The molecule has 6 heteroatoms. The maximum Gasteiger partial charge on any atom is 4.00 e. The second-order valence-electron chi connectivity index (χ2n) is 0. The molecular formula is AlCeO3Zr+4. The molecule has 0 aromatic carbocycles.